The third kappa shape index (κ3) is 2.41. The van der Waals surface area contributed by atoms with E-state index >= 15 is 0 Å². The van der Waals surface area contributed by atoms with Gasteiger partial charge in [-0.15, -0.1) is 0 Å². The van der Waals surface area contributed by atoms with E-state index in [0.29, 0.717) is 22.4 Å². The monoisotopic (exact) mass is 286 g/mol. The molecule has 3 aromatic rings. The van der Waals surface area contributed by atoms with Gasteiger partial charge in [0.05, 0.1) is 5.02 Å². The molecule has 1 aromatic carbocycles. The Bertz CT molecular complexity index is 714. The molecule has 2 heterocycles. The van der Waals surface area contributed by atoms with Crippen molar-refractivity contribution in [3.8, 4) is 11.5 Å². The molecule has 3 rings (SSSR count). The normalized spacial score (nSPS) is 12.3. The van der Waals surface area contributed by atoms with Crippen molar-refractivity contribution in [3.63, 3.8) is 0 Å². The second-order valence-corrected chi connectivity index (χ2v) is 4.59. The zero-order valence-electron chi connectivity index (χ0n) is 10.4. The largest absolute Gasteiger partial charge is 0.337 e. The van der Waals surface area contributed by atoms with Crippen molar-refractivity contribution >= 4 is 11.6 Å². The highest BCUT2D eigenvalue weighted by molar-refractivity contribution is 6.32. The lowest BCUT2D eigenvalue weighted by Gasteiger charge is -2.05. The van der Waals surface area contributed by atoms with Gasteiger partial charge in [-0.3, -0.25) is 4.98 Å². The van der Waals surface area contributed by atoms with Crippen molar-refractivity contribution in [3.05, 3.63) is 65.1 Å². The molecule has 0 aliphatic carbocycles. The fourth-order valence-electron chi connectivity index (χ4n) is 1.81. The summed E-state index contributed by atoms with van der Waals surface area (Å²) in [5.74, 6) is 0.657. The molecule has 0 saturated heterocycles. The first kappa shape index (κ1) is 12.8. The molecule has 100 valence electrons. The van der Waals surface area contributed by atoms with Gasteiger partial charge >= 0.3 is 0 Å². The summed E-state index contributed by atoms with van der Waals surface area (Å²) in [6.07, 6.45) is 1.62. The van der Waals surface area contributed by atoms with Crippen molar-refractivity contribution < 1.29 is 4.52 Å². The first-order chi connectivity index (χ1) is 9.75. The molecule has 5 nitrogen and oxygen atoms in total. The average molecular weight is 287 g/mol. The maximum atomic E-state index is 6.10. The topological polar surface area (TPSA) is 77.8 Å². The van der Waals surface area contributed by atoms with E-state index in [1.165, 1.54) is 0 Å². The molecule has 1 atom stereocenters. The maximum Gasteiger partial charge on any atom is 0.248 e. The molecule has 2 N–H and O–H groups in total. The fourth-order valence-corrected chi connectivity index (χ4v) is 2.02. The van der Waals surface area contributed by atoms with Crippen LogP contribution < -0.4 is 5.73 Å². The summed E-state index contributed by atoms with van der Waals surface area (Å²) in [6.45, 7) is 0. The molecule has 0 unspecified atom stereocenters. The number of nitrogens with zero attached hydrogens (tertiary/aromatic N) is 3. The zero-order chi connectivity index (χ0) is 13.9. The predicted octanol–water partition coefficient (Wildman–Crippen LogP) is 2.83. The number of benzene rings is 1. The molecule has 0 spiro atoms. The van der Waals surface area contributed by atoms with Crippen LogP contribution in [0.15, 0.2) is 53.2 Å². The molecule has 2 aromatic heterocycles. The van der Waals surface area contributed by atoms with Crippen LogP contribution in [0.5, 0.6) is 0 Å². The Labute approximate surface area is 120 Å². The van der Waals surface area contributed by atoms with Crippen LogP contribution in [-0.4, -0.2) is 15.1 Å². The minimum atomic E-state index is -0.472. The molecule has 0 saturated carbocycles. The van der Waals surface area contributed by atoms with E-state index in [-0.39, 0.29) is 0 Å². The Morgan fingerprint density at radius 1 is 1.10 bits per heavy atom. The third-order valence-electron chi connectivity index (χ3n) is 2.84. The van der Waals surface area contributed by atoms with Crippen molar-refractivity contribution in [2.45, 2.75) is 6.04 Å². The number of rotatable bonds is 3. The van der Waals surface area contributed by atoms with Gasteiger partial charge in [0.25, 0.3) is 0 Å². The fraction of sp³-hybridized carbons (Fsp3) is 0.0714. The summed E-state index contributed by atoms with van der Waals surface area (Å²) in [7, 11) is 0. The van der Waals surface area contributed by atoms with E-state index in [4.69, 9.17) is 21.9 Å². The van der Waals surface area contributed by atoms with Crippen LogP contribution >= 0.6 is 11.6 Å². The number of nitrogens with two attached hydrogens (primary N) is 1. The molecule has 6 heteroatoms. The van der Waals surface area contributed by atoms with E-state index in [2.05, 4.69) is 15.1 Å². The first-order valence-corrected chi connectivity index (χ1v) is 6.38. The average Bonchev–Trinajstić information content (AvgIpc) is 2.97. The van der Waals surface area contributed by atoms with Gasteiger partial charge in [-0.05, 0) is 17.7 Å². The Kier molecular flexibility index (Phi) is 3.45. The number of hydrogen-bond donors (Lipinski definition) is 1. The van der Waals surface area contributed by atoms with Crippen LogP contribution in [0, 0.1) is 0 Å². The van der Waals surface area contributed by atoms with E-state index in [1.807, 2.05) is 30.3 Å². The molecular weight excluding hydrogens is 276 g/mol. The zero-order valence-corrected chi connectivity index (χ0v) is 11.2. The van der Waals surface area contributed by atoms with Gasteiger partial charge in [0.2, 0.25) is 11.7 Å². The van der Waals surface area contributed by atoms with Crippen LogP contribution in [0.3, 0.4) is 0 Å². The lowest BCUT2D eigenvalue weighted by Crippen LogP contribution is -2.12. The van der Waals surface area contributed by atoms with Crippen molar-refractivity contribution in [1.29, 1.82) is 0 Å². The summed E-state index contributed by atoms with van der Waals surface area (Å²) in [5, 5.41) is 4.35. The van der Waals surface area contributed by atoms with E-state index in [0.717, 1.165) is 5.56 Å². The Hall–Kier alpha value is -2.24. The lowest BCUT2D eigenvalue weighted by atomic mass is 10.1. The van der Waals surface area contributed by atoms with Gasteiger partial charge < -0.3 is 10.3 Å². The predicted molar refractivity (Wildman–Crippen MR) is 75.0 cm³/mol. The molecular formula is C14H11ClN4O. The minimum Gasteiger partial charge on any atom is -0.337 e. The van der Waals surface area contributed by atoms with E-state index < -0.39 is 6.04 Å². The highest BCUT2D eigenvalue weighted by Gasteiger charge is 2.18. The van der Waals surface area contributed by atoms with Gasteiger partial charge in [-0.1, -0.05) is 47.1 Å². The Morgan fingerprint density at radius 2 is 1.90 bits per heavy atom. The van der Waals surface area contributed by atoms with Crippen LogP contribution in [0.25, 0.3) is 11.5 Å². The van der Waals surface area contributed by atoms with Crippen LogP contribution in [0.1, 0.15) is 17.5 Å². The first-order valence-electron chi connectivity index (χ1n) is 6.01. The summed E-state index contributed by atoms with van der Waals surface area (Å²) >= 11 is 6.05. The van der Waals surface area contributed by atoms with Gasteiger partial charge in [0.15, 0.2) is 0 Å². The molecule has 0 aliphatic rings. The van der Waals surface area contributed by atoms with Crippen LogP contribution in [-0.2, 0) is 0 Å². The second kappa shape index (κ2) is 5.40. The number of aromatic nitrogens is 3. The molecule has 0 bridgehead atoms. The maximum absolute atomic E-state index is 6.10. The Balaban J connectivity index is 1.93. The number of hydrogen-bond acceptors (Lipinski definition) is 5. The number of pyridine rings is 1. The molecule has 0 fully saturated rings. The van der Waals surface area contributed by atoms with Gasteiger partial charge in [0.1, 0.15) is 11.7 Å². The van der Waals surface area contributed by atoms with E-state index in [9.17, 15) is 0 Å². The second-order valence-electron chi connectivity index (χ2n) is 4.18. The van der Waals surface area contributed by atoms with Gasteiger partial charge in [0, 0.05) is 6.20 Å². The van der Waals surface area contributed by atoms with Gasteiger partial charge in [-0.2, -0.15) is 4.98 Å². The van der Waals surface area contributed by atoms with Gasteiger partial charge in [-0.25, -0.2) is 0 Å². The van der Waals surface area contributed by atoms with Crippen LogP contribution in [0.2, 0.25) is 5.02 Å². The third-order valence-corrected chi connectivity index (χ3v) is 3.14. The molecule has 0 amide bonds. The quantitative estimate of drug-likeness (QED) is 0.801. The van der Waals surface area contributed by atoms with Crippen LogP contribution in [0.4, 0.5) is 0 Å². The van der Waals surface area contributed by atoms with Crippen molar-refractivity contribution in [1.82, 2.24) is 15.1 Å². The van der Waals surface area contributed by atoms with Crippen molar-refractivity contribution in [2.75, 3.05) is 0 Å². The number of halogens is 1. The molecule has 0 aliphatic heterocycles. The highest BCUT2D eigenvalue weighted by Crippen LogP contribution is 2.25. The van der Waals surface area contributed by atoms with Crippen molar-refractivity contribution in [2.24, 2.45) is 5.73 Å². The standard InChI is InChI=1S/C14H11ClN4O/c15-10-7-4-8-17-12(10)13-18-14(20-19-13)11(16)9-5-2-1-3-6-9/h1-8,11H,16H2/t11-/m0/s1. The molecule has 20 heavy (non-hydrogen) atoms. The summed E-state index contributed by atoms with van der Waals surface area (Å²) < 4.78 is 5.21. The minimum absolute atomic E-state index is 0.327. The van der Waals surface area contributed by atoms with E-state index in [1.54, 1.807) is 18.3 Å². The highest BCUT2D eigenvalue weighted by atomic mass is 35.5. The smallest absolute Gasteiger partial charge is 0.248 e. The summed E-state index contributed by atoms with van der Waals surface area (Å²) in [4.78, 5) is 8.40. The molecule has 0 radical (unpaired) electrons. The lowest BCUT2D eigenvalue weighted by molar-refractivity contribution is 0.367. The summed E-state index contributed by atoms with van der Waals surface area (Å²) in [6, 6.07) is 12.5. The summed E-state index contributed by atoms with van der Waals surface area (Å²) in [5.41, 5.74) is 7.47. The Morgan fingerprint density at radius 3 is 2.65 bits per heavy atom. The SMILES string of the molecule is N[C@@H](c1ccccc1)c1nc(-c2ncccc2Cl)no1.